The normalized spacial score (nSPS) is 22.0. The van der Waals surface area contributed by atoms with Gasteiger partial charge in [0.25, 0.3) is 0 Å². The van der Waals surface area contributed by atoms with E-state index in [1.165, 1.54) is 6.42 Å². The van der Waals surface area contributed by atoms with Crippen LogP contribution in [0.1, 0.15) is 40.0 Å². The molecule has 1 aliphatic heterocycles. The standard InChI is InChI=1S/C12H25N3O/c1-12(2,3)14-11(16)15-8-4-5-10(9-15)6-7-13/h10H,4-9,13H2,1-3H3,(H,14,16). The van der Waals surface area contributed by atoms with Crippen LogP contribution >= 0.6 is 0 Å². The van der Waals surface area contributed by atoms with E-state index in [9.17, 15) is 4.79 Å². The molecule has 1 heterocycles. The van der Waals surface area contributed by atoms with Gasteiger partial charge in [0.05, 0.1) is 0 Å². The van der Waals surface area contributed by atoms with Crippen LogP contribution < -0.4 is 11.1 Å². The molecule has 3 N–H and O–H groups in total. The van der Waals surface area contributed by atoms with E-state index in [-0.39, 0.29) is 11.6 Å². The summed E-state index contributed by atoms with van der Waals surface area (Å²) < 4.78 is 0. The van der Waals surface area contributed by atoms with Crippen LogP contribution in [0.15, 0.2) is 0 Å². The van der Waals surface area contributed by atoms with E-state index in [1.54, 1.807) is 0 Å². The molecule has 1 fully saturated rings. The number of likely N-dealkylation sites (tertiary alicyclic amines) is 1. The minimum atomic E-state index is -0.155. The van der Waals surface area contributed by atoms with Crippen LogP contribution in [0.3, 0.4) is 0 Å². The minimum Gasteiger partial charge on any atom is -0.333 e. The predicted octanol–water partition coefficient (Wildman–Crippen LogP) is 1.56. The Labute approximate surface area is 98.6 Å². The summed E-state index contributed by atoms with van der Waals surface area (Å²) in [6.45, 7) is 8.48. The fourth-order valence-electron chi connectivity index (χ4n) is 2.12. The first-order chi connectivity index (χ1) is 7.42. The van der Waals surface area contributed by atoms with E-state index in [4.69, 9.17) is 5.73 Å². The van der Waals surface area contributed by atoms with Crippen LogP contribution in [0.2, 0.25) is 0 Å². The molecule has 0 aromatic rings. The van der Waals surface area contributed by atoms with Gasteiger partial charge in [-0.15, -0.1) is 0 Å². The zero-order chi connectivity index (χ0) is 12.2. The molecule has 94 valence electrons. The van der Waals surface area contributed by atoms with Gasteiger partial charge < -0.3 is 16.0 Å². The zero-order valence-electron chi connectivity index (χ0n) is 10.8. The predicted molar refractivity (Wildman–Crippen MR) is 66.3 cm³/mol. The van der Waals surface area contributed by atoms with Crippen LogP contribution in [-0.4, -0.2) is 36.1 Å². The number of amides is 2. The fraction of sp³-hybridized carbons (Fsp3) is 0.917. The smallest absolute Gasteiger partial charge is 0.317 e. The van der Waals surface area contributed by atoms with Crippen LogP contribution in [0.5, 0.6) is 0 Å². The molecule has 0 aromatic heterocycles. The monoisotopic (exact) mass is 227 g/mol. The second kappa shape index (κ2) is 5.53. The number of hydrogen-bond acceptors (Lipinski definition) is 2. The van der Waals surface area contributed by atoms with Crippen molar-refractivity contribution in [3.8, 4) is 0 Å². The van der Waals surface area contributed by atoms with Gasteiger partial charge in [-0.1, -0.05) is 0 Å². The number of rotatable bonds is 2. The SMILES string of the molecule is CC(C)(C)NC(=O)N1CCCC(CCN)C1. The highest BCUT2D eigenvalue weighted by Gasteiger charge is 2.25. The third-order valence-corrected chi connectivity index (χ3v) is 2.86. The van der Waals surface area contributed by atoms with Crippen LogP contribution in [0.4, 0.5) is 4.79 Å². The number of carbonyl (C=O) groups excluding carboxylic acids is 1. The summed E-state index contributed by atoms with van der Waals surface area (Å²) in [6.07, 6.45) is 3.33. The first-order valence-corrected chi connectivity index (χ1v) is 6.19. The summed E-state index contributed by atoms with van der Waals surface area (Å²) in [5.41, 5.74) is 5.41. The highest BCUT2D eigenvalue weighted by Crippen LogP contribution is 2.19. The summed E-state index contributed by atoms with van der Waals surface area (Å²) in [6, 6.07) is 0.0641. The summed E-state index contributed by atoms with van der Waals surface area (Å²) in [5, 5.41) is 3.01. The highest BCUT2D eigenvalue weighted by molar-refractivity contribution is 5.75. The summed E-state index contributed by atoms with van der Waals surface area (Å²) in [7, 11) is 0. The zero-order valence-corrected chi connectivity index (χ0v) is 10.8. The molecule has 0 aliphatic carbocycles. The lowest BCUT2D eigenvalue weighted by atomic mass is 9.95. The van der Waals surface area contributed by atoms with Gasteiger partial charge in [0.2, 0.25) is 0 Å². The van der Waals surface area contributed by atoms with E-state index in [2.05, 4.69) is 5.32 Å². The van der Waals surface area contributed by atoms with E-state index in [0.29, 0.717) is 5.92 Å². The third kappa shape index (κ3) is 4.39. The van der Waals surface area contributed by atoms with Gasteiger partial charge in [0, 0.05) is 18.6 Å². The van der Waals surface area contributed by atoms with Crippen molar-refractivity contribution >= 4 is 6.03 Å². The molecule has 1 atom stereocenters. The van der Waals surface area contributed by atoms with Crippen molar-refractivity contribution < 1.29 is 4.79 Å². The summed E-state index contributed by atoms with van der Waals surface area (Å²) >= 11 is 0. The number of nitrogens with zero attached hydrogens (tertiary/aromatic N) is 1. The molecule has 1 aliphatic rings. The first-order valence-electron chi connectivity index (χ1n) is 6.19. The molecule has 1 unspecified atom stereocenters. The van der Waals surface area contributed by atoms with Crippen molar-refractivity contribution in [2.24, 2.45) is 11.7 Å². The minimum absolute atomic E-state index is 0.0641. The Kier molecular flexibility index (Phi) is 4.59. The lowest BCUT2D eigenvalue weighted by molar-refractivity contribution is 0.156. The average molecular weight is 227 g/mol. The molecule has 0 spiro atoms. The lowest BCUT2D eigenvalue weighted by Crippen LogP contribution is -2.51. The van der Waals surface area contributed by atoms with Gasteiger partial charge in [0.15, 0.2) is 0 Å². The maximum atomic E-state index is 11.9. The van der Waals surface area contributed by atoms with Crippen LogP contribution in [-0.2, 0) is 0 Å². The number of piperidine rings is 1. The van der Waals surface area contributed by atoms with Crippen LogP contribution in [0, 0.1) is 5.92 Å². The van der Waals surface area contributed by atoms with Gasteiger partial charge >= 0.3 is 6.03 Å². The maximum Gasteiger partial charge on any atom is 0.317 e. The molecule has 16 heavy (non-hydrogen) atoms. The number of nitrogens with two attached hydrogens (primary N) is 1. The van der Waals surface area contributed by atoms with E-state index in [1.807, 2.05) is 25.7 Å². The molecular weight excluding hydrogens is 202 g/mol. The van der Waals surface area contributed by atoms with Crippen molar-refractivity contribution in [1.82, 2.24) is 10.2 Å². The van der Waals surface area contributed by atoms with E-state index >= 15 is 0 Å². The molecule has 1 rings (SSSR count). The Hall–Kier alpha value is -0.770. The summed E-state index contributed by atoms with van der Waals surface area (Å²) in [5.74, 6) is 0.587. The Bertz CT molecular complexity index is 233. The highest BCUT2D eigenvalue weighted by atomic mass is 16.2. The van der Waals surface area contributed by atoms with E-state index in [0.717, 1.165) is 32.5 Å². The molecule has 4 nitrogen and oxygen atoms in total. The molecule has 1 saturated heterocycles. The van der Waals surface area contributed by atoms with Crippen molar-refractivity contribution in [2.75, 3.05) is 19.6 Å². The molecule has 2 amide bonds. The second-order valence-electron chi connectivity index (χ2n) is 5.71. The number of hydrogen-bond donors (Lipinski definition) is 2. The Morgan fingerprint density at radius 3 is 2.75 bits per heavy atom. The number of urea groups is 1. The van der Waals surface area contributed by atoms with Gasteiger partial charge in [-0.2, -0.15) is 0 Å². The Balaban J connectivity index is 2.44. The molecule has 0 radical (unpaired) electrons. The molecular formula is C12H25N3O. The molecule has 0 aromatic carbocycles. The van der Waals surface area contributed by atoms with Crippen molar-refractivity contribution in [3.05, 3.63) is 0 Å². The quantitative estimate of drug-likeness (QED) is 0.752. The fourth-order valence-corrected chi connectivity index (χ4v) is 2.12. The molecule has 0 saturated carbocycles. The van der Waals surface area contributed by atoms with Gasteiger partial charge in [0.1, 0.15) is 0 Å². The van der Waals surface area contributed by atoms with Crippen LogP contribution in [0.25, 0.3) is 0 Å². The Morgan fingerprint density at radius 1 is 1.50 bits per heavy atom. The third-order valence-electron chi connectivity index (χ3n) is 2.86. The molecule has 0 bridgehead atoms. The second-order valence-corrected chi connectivity index (χ2v) is 5.71. The van der Waals surface area contributed by atoms with Crippen molar-refractivity contribution in [2.45, 2.75) is 45.6 Å². The maximum absolute atomic E-state index is 11.9. The van der Waals surface area contributed by atoms with Crippen molar-refractivity contribution in [3.63, 3.8) is 0 Å². The first kappa shape index (κ1) is 13.3. The van der Waals surface area contributed by atoms with Gasteiger partial charge in [-0.3, -0.25) is 0 Å². The Morgan fingerprint density at radius 2 is 2.19 bits per heavy atom. The van der Waals surface area contributed by atoms with E-state index < -0.39 is 0 Å². The summed E-state index contributed by atoms with van der Waals surface area (Å²) in [4.78, 5) is 13.9. The molecule has 4 heteroatoms. The lowest BCUT2D eigenvalue weighted by Gasteiger charge is -2.34. The van der Waals surface area contributed by atoms with Crippen molar-refractivity contribution in [1.29, 1.82) is 0 Å². The average Bonchev–Trinajstić information content (AvgIpc) is 2.16. The number of carbonyl (C=O) groups is 1. The largest absolute Gasteiger partial charge is 0.333 e. The topological polar surface area (TPSA) is 58.4 Å². The number of nitrogens with one attached hydrogen (secondary N) is 1. The van der Waals surface area contributed by atoms with Gasteiger partial charge in [-0.05, 0) is 52.5 Å². The van der Waals surface area contributed by atoms with Gasteiger partial charge in [-0.25, -0.2) is 4.79 Å².